The van der Waals surface area contributed by atoms with Crippen molar-refractivity contribution in [2.45, 2.75) is 51.8 Å². The highest BCUT2D eigenvalue weighted by Gasteiger charge is 2.15. The van der Waals surface area contributed by atoms with Gasteiger partial charge in [0.2, 0.25) is 0 Å². The van der Waals surface area contributed by atoms with Crippen molar-refractivity contribution in [3.63, 3.8) is 0 Å². The fourth-order valence-corrected chi connectivity index (χ4v) is 3.26. The second-order valence-corrected chi connectivity index (χ2v) is 7.04. The van der Waals surface area contributed by atoms with E-state index in [0.717, 1.165) is 63.0 Å². The van der Waals surface area contributed by atoms with E-state index in [1.807, 2.05) is 17.1 Å². The van der Waals surface area contributed by atoms with E-state index < -0.39 is 0 Å². The Morgan fingerprint density at radius 3 is 2.83 bits per heavy atom. The number of likely N-dealkylation sites (tertiary alicyclic amines) is 1. The van der Waals surface area contributed by atoms with Crippen LogP contribution in [-0.2, 0) is 6.54 Å². The summed E-state index contributed by atoms with van der Waals surface area (Å²) in [4.78, 5) is 7.02. The molecule has 0 bridgehead atoms. The molecule has 24 heavy (non-hydrogen) atoms. The van der Waals surface area contributed by atoms with Gasteiger partial charge in [0.15, 0.2) is 5.65 Å². The number of hydrogen-bond acceptors (Lipinski definition) is 5. The Kier molecular flexibility index (Phi) is 5.81. The lowest BCUT2D eigenvalue weighted by atomic mass is 10.1. The molecule has 2 aromatic heterocycles. The largest absolute Gasteiger partial charge is 0.393 e. The molecule has 1 aliphatic rings. The normalized spacial score (nSPS) is 17.2. The fourth-order valence-electron chi connectivity index (χ4n) is 3.26. The van der Waals surface area contributed by atoms with Gasteiger partial charge in [-0.3, -0.25) is 0 Å². The van der Waals surface area contributed by atoms with Gasteiger partial charge in [0.05, 0.1) is 12.3 Å². The average molecular weight is 331 g/mol. The molecule has 0 amide bonds. The van der Waals surface area contributed by atoms with Gasteiger partial charge in [-0.15, -0.1) is 0 Å². The van der Waals surface area contributed by atoms with Gasteiger partial charge in [0.1, 0.15) is 0 Å². The van der Waals surface area contributed by atoms with Crippen LogP contribution < -0.4 is 5.32 Å². The molecule has 1 fully saturated rings. The summed E-state index contributed by atoms with van der Waals surface area (Å²) in [6, 6.07) is 2.50. The van der Waals surface area contributed by atoms with Crippen molar-refractivity contribution in [1.29, 1.82) is 0 Å². The van der Waals surface area contributed by atoms with Gasteiger partial charge in [0, 0.05) is 37.3 Å². The molecule has 0 radical (unpaired) electrons. The molecule has 3 rings (SSSR count). The van der Waals surface area contributed by atoms with Gasteiger partial charge in [-0.1, -0.05) is 0 Å². The third-order valence-electron chi connectivity index (χ3n) is 4.69. The molecule has 0 atom stereocenters. The van der Waals surface area contributed by atoms with Crippen molar-refractivity contribution in [1.82, 2.24) is 25.0 Å². The molecular weight excluding hydrogens is 302 g/mol. The zero-order valence-corrected chi connectivity index (χ0v) is 14.8. The number of rotatable bonds is 7. The van der Waals surface area contributed by atoms with Crippen LogP contribution >= 0.6 is 0 Å². The Labute approximate surface area is 143 Å². The number of nitrogens with one attached hydrogen (secondary N) is 1. The van der Waals surface area contributed by atoms with E-state index in [0.29, 0.717) is 6.04 Å². The molecule has 3 heterocycles. The molecule has 1 saturated heterocycles. The second kappa shape index (κ2) is 8.05. The average Bonchev–Trinajstić information content (AvgIpc) is 2.99. The molecule has 6 nitrogen and oxygen atoms in total. The van der Waals surface area contributed by atoms with E-state index in [2.05, 4.69) is 40.2 Å². The Morgan fingerprint density at radius 2 is 2.08 bits per heavy atom. The van der Waals surface area contributed by atoms with Crippen molar-refractivity contribution in [3.05, 3.63) is 24.0 Å². The Bertz CT molecular complexity index is 646. The van der Waals surface area contributed by atoms with Gasteiger partial charge >= 0.3 is 0 Å². The first-order chi connectivity index (χ1) is 11.6. The lowest BCUT2D eigenvalue weighted by Crippen LogP contribution is -2.37. The Hall–Kier alpha value is -1.50. The van der Waals surface area contributed by atoms with E-state index >= 15 is 0 Å². The van der Waals surface area contributed by atoms with E-state index in [4.69, 9.17) is 0 Å². The number of hydrogen-bond donors (Lipinski definition) is 2. The predicted molar refractivity (Wildman–Crippen MR) is 95.9 cm³/mol. The molecule has 0 unspecified atom stereocenters. The predicted octanol–water partition coefficient (Wildman–Crippen LogP) is 1.95. The monoisotopic (exact) mass is 331 g/mol. The van der Waals surface area contributed by atoms with E-state index in [9.17, 15) is 5.11 Å². The van der Waals surface area contributed by atoms with Crippen LogP contribution in [0.1, 0.15) is 44.7 Å². The van der Waals surface area contributed by atoms with Crippen LogP contribution in [0.2, 0.25) is 0 Å². The molecule has 1 aliphatic heterocycles. The SMILES string of the molecule is CC(C)n1ncc2cc(CNCCCN3CCC(O)CC3)cnc21. The summed E-state index contributed by atoms with van der Waals surface area (Å²) in [6.45, 7) is 9.25. The smallest absolute Gasteiger partial charge is 0.157 e. The van der Waals surface area contributed by atoms with Crippen LogP contribution in [0.3, 0.4) is 0 Å². The first-order valence-corrected chi connectivity index (χ1v) is 9.07. The molecule has 0 aliphatic carbocycles. The van der Waals surface area contributed by atoms with E-state index in [-0.39, 0.29) is 6.10 Å². The highest BCUT2D eigenvalue weighted by atomic mass is 16.3. The summed E-state index contributed by atoms with van der Waals surface area (Å²) in [5.74, 6) is 0. The summed E-state index contributed by atoms with van der Waals surface area (Å²) < 4.78 is 1.96. The third kappa shape index (κ3) is 4.32. The van der Waals surface area contributed by atoms with Crippen LogP contribution in [0.15, 0.2) is 18.5 Å². The summed E-state index contributed by atoms with van der Waals surface area (Å²) in [5.41, 5.74) is 2.16. The maximum Gasteiger partial charge on any atom is 0.157 e. The van der Waals surface area contributed by atoms with Crippen LogP contribution in [0, 0.1) is 0 Å². The summed E-state index contributed by atoms with van der Waals surface area (Å²) in [7, 11) is 0. The second-order valence-electron chi connectivity index (χ2n) is 7.04. The third-order valence-corrected chi connectivity index (χ3v) is 4.69. The van der Waals surface area contributed by atoms with Crippen LogP contribution in [-0.4, -0.2) is 57.1 Å². The van der Waals surface area contributed by atoms with Crippen molar-refractivity contribution < 1.29 is 5.11 Å². The van der Waals surface area contributed by atoms with Crippen LogP contribution in [0.25, 0.3) is 11.0 Å². The maximum atomic E-state index is 9.52. The fraction of sp³-hybridized carbons (Fsp3) is 0.667. The van der Waals surface area contributed by atoms with E-state index in [1.54, 1.807) is 0 Å². The van der Waals surface area contributed by atoms with Gasteiger partial charge in [-0.05, 0) is 57.8 Å². The minimum absolute atomic E-state index is 0.0816. The number of aliphatic hydroxyl groups excluding tert-OH is 1. The first-order valence-electron chi connectivity index (χ1n) is 9.07. The molecular formula is C18H29N5O. The molecule has 0 aromatic carbocycles. The minimum Gasteiger partial charge on any atom is -0.393 e. The topological polar surface area (TPSA) is 66.2 Å². The number of pyridine rings is 1. The van der Waals surface area contributed by atoms with Crippen molar-refractivity contribution in [2.75, 3.05) is 26.2 Å². The lowest BCUT2D eigenvalue weighted by molar-refractivity contribution is 0.0821. The molecule has 2 aromatic rings. The standard InChI is InChI=1S/C18H29N5O/c1-14(2)23-18-16(13-21-23)10-15(12-20-18)11-19-6-3-7-22-8-4-17(24)5-9-22/h10,12-14,17,19,24H,3-9,11H2,1-2H3. The van der Waals surface area contributed by atoms with Crippen molar-refractivity contribution >= 4 is 11.0 Å². The molecule has 132 valence electrons. The number of fused-ring (bicyclic) bond motifs is 1. The number of aliphatic hydroxyl groups is 1. The van der Waals surface area contributed by atoms with Gasteiger partial charge in [-0.2, -0.15) is 5.10 Å². The summed E-state index contributed by atoms with van der Waals surface area (Å²) in [6.07, 6.45) is 6.74. The summed E-state index contributed by atoms with van der Waals surface area (Å²) in [5, 5.41) is 18.5. The quantitative estimate of drug-likeness (QED) is 0.759. The first kappa shape index (κ1) is 17.3. The molecule has 0 spiro atoms. The van der Waals surface area contributed by atoms with Gasteiger partial charge in [0.25, 0.3) is 0 Å². The van der Waals surface area contributed by atoms with Crippen molar-refractivity contribution in [3.8, 4) is 0 Å². The molecule has 6 heteroatoms. The highest BCUT2D eigenvalue weighted by Crippen LogP contribution is 2.16. The zero-order chi connectivity index (χ0) is 16.9. The Morgan fingerprint density at radius 1 is 1.29 bits per heavy atom. The van der Waals surface area contributed by atoms with Crippen LogP contribution in [0.5, 0.6) is 0 Å². The molecule has 2 N–H and O–H groups in total. The van der Waals surface area contributed by atoms with Crippen molar-refractivity contribution in [2.24, 2.45) is 0 Å². The van der Waals surface area contributed by atoms with Gasteiger partial charge < -0.3 is 15.3 Å². The zero-order valence-electron chi connectivity index (χ0n) is 14.8. The minimum atomic E-state index is -0.0816. The summed E-state index contributed by atoms with van der Waals surface area (Å²) >= 11 is 0. The highest BCUT2D eigenvalue weighted by molar-refractivity contribution is 5.75. The number of nitrogens with zero attached hydrogens (tertiary/aromatic N) is 4. The molecule has 0 saturated carbocycles. The number of aromatic nitrogens is 3. The lowest BCUT2D eigenvalue weighted by Gasteiger charge is -2.29. The van der Waals surface area contributed by atoms with Gasteiger partial charge in [-0.25, -0.2) is 9.67 Å². The Balaban J connectivity index is 1.41. The number of piperidine rings is 1. The van der Waals surface area contributed by atoms with E-state index in [1.165, 1.54) is 5.56 Å². The van der Waals surface area contributed by atoms with Crippen LogP contribution in [0.4, 0.5) is 0 Å². The maximum absolute atomic E-state index is 9.52.